The van der Waals surface area contributed by atoms with Crippen molar-refractivity contribution in [3.63, 3.8) is 0 Å². The van der Waals surface area contributed by atoms with E-state index in [9.17, 15) is 18.8 Å². The average Bonchev–Trinajstić information content (AvgIpc) is 2.76. The molecule has 1 fully saturated rings. The number of carbonyl (C=O) groups is 3. The van der Waals surface area contributed by atoms with Crippen molar-refractivity contribution in [2.24, 2.45) is 11.8 Å². The van der Waals surface area contributed by atoms with Gasteiger partial charge in [0, 0.05) is 23.0 Å². The lowest BCUT2D eigenvalue weighted by Gasteiger charge is -2.27. The number of carbonyl (C=O) groups excluding carboxylic acids is 3. The van der Waals surface area contributed by atoms with Crippen molar-refractivity contribution in [3.8, 4) is 0 Å². The molecular formula is C22H23ClFN3O3. The minimum Gasteiger partial charge on any atom is -0.352 e. The highest BCUT2D eigenvalue weighted by molar-refractivity contribution is 6.30. The molecule has 1 aliphatic rings. The average molecular weight is 432 g/mol. The van der Waals surface area contributed by atoms with Gasteiger partial charge in [0.05, 0.1) is 5.56 Å². The topological polar surface area (TPSA) is 87.3 Å². The molecule has 0 unspecified atom stereocenters. The summed E-state index contributed by atoms with van der Waals surface area (Å²) in [6.07, 6.45) is 2.84. The molecule has 3 rings (SSSR count). The largest absolute Gasteiger partial charge is 0.352 e. The molecular weight excluding hydrogens is 409 g/mol. The third-order valence-corrected chi connectivity index (χ3v) is 5.54. The van der Waals surface area contributed by atoms with E-state index in [1.54, 1.807) is 30.3 Å². The number of rotatable bonds is 5. The second-order valence-electron chi connectivity index (χ2n) is 7.36. The van der Waals surface area contributed by atoms with Crippen molar-refractivity contribution in [1.82, 2.24) is 16.2 Å². The van der Waals surface area contributed by atoms with Gasteiger partial charge >= 0.3 is 0 Å². The normalized spacial score (nSPS) is 18.3. The molecule has 0 aromatic heterocycles. The summed E-state index contributed by atoms with van der Waals surface area (Å²) >= 11 is 5.79. The zero-order chi connectivity index (χ0) is 21.5. The van der Waals surface area contributed by atoms with Crippen LogP contribution in [0.1, 0.15) is 46.4 Å². The van der Waals surface area contributed by atoms with Crippen molar-refractivity contribution in [2.75, 3.05) is 6.54 Å². The molecule has 8 heteroatoms. The maximum absolute atomic E-state index is 13.7. The molecule has 1 aliphatic carbocycles. The molecule has 3 amide bonds. The van der Waals surface area contributed by atoms with Gasteiger partial charge in [0.15, 0.2) is 0 Å². The Kier molecular flexibility index (Phi) is 7.41. The van der Waals surface area contributed by atoms with Gasteiger partial charge in [-0.05, 0) is 68.0 Å². The predicted molar refractivity (Wildman–Crippen MR) is 111 cm³/mol. The monoisotopic (exact) mass is 431 g/mol. The first-order chi connectivity index (χ1) is 14.4. The van der Waals surface area contributed by atoms with Crippen LogP contribution in [0.3, 0.4) is 0 Å². The smallest absolute Gasteiger partial charge is 0.269 e. The van der Waals surface area contributed by atoms with E-state index >= 15 is 0 Å². The maximum Gasteiger partial charge on any atom is 0.269 e. The standard InChI is InChI=1S/C22H23ClFN3O3/c23-17-11-9-16(10-12-17)21(29)27-26-20(28)15-7-5-14(6-8-15)13-25-22(30)18-3-1-2-4-19(18)24/h1-4,9-12,14-15H,5-8,13H2,(H,25,30)(H,26,28)(H,27,29). The molecule has 3 N–H and O–H groups in total. The second kappa shape index (κ2) is 10.2. The summed E-state index contributed by atoms with van der Waals surface area (Å²) in [6.45, 7) is 0.439. The van der Waals surface area contributed by atoms with Gasteiger partial charge in [0.25, 0.3) is 11.8 Å². The van der Waals surface area contributed by atoms with Crippen LogP contribution in [0.25, 0.3) is 0 Å². The van der Waals surface area contributed by atoms with E-state index in [1.165, 1.54) is 18.2 Å². The van der Waals surface area contributed by atoms with E-state index in [0.717, 1.165) is 12.8 Å². The van der Waals surface area contributed by atoms with E-state index in [0.29, 0.717) is 30.0 Å². The lowest BCUT2D eigenvalue weighted by atomic mass is 9.81. The molecule has 0 radical (unpaired) electrons. The van der Waals surface area contributed by atoms with Crippen LogP contribution in [0.5, 0.6) is 0 Å². The molecule has 30 heavy (non-hydrogen) atoms. The SMILES string of the molecule is O=C(NNC(=O)C1CCC(CNC(=O)c2ccccc2F)CC1)c1ccc(Cl)cc1. The fraction of sp³-hybridized carbons (Fsp3) is 0.318. The minimum absolute atomic E-state index is 0.0296. The summed E-state index contributed by atoms with van der Waals surface area (Å²) in [5, 5.41) is 3.30. The molecule has 158 valence electrons. The van der Waals surface area contributed by atoms with Gasteiger partial charge in [-0.15, -0.1) is 0 Å². The Morgan fingerprint density at radius 3 is 2.23 bits per heavy atom. The van der Waals surface area contributed by atoms with Crippen molar-refractivity contribution in [2.45, 2.75) is 25.7 Å². The number of nitrogens with one attached hydrogen (secondary N) is 3. The van der Waals surface area contributed by atoms with Crippen molar-refractivity contribution < 1.29 is 18.8 Å². The number of hydrogen-bond donors (Lipinski definition) is 3. The van der Waals surface area contributed by atoms with E-state index in [2.05, 4.69) is 16.2 Å². The molecule has 0 heterocycles. The molecule has 0 atom stereocenters. The van der Waals surface area contributed by atoms with Crippen molar-refractivity contribution in [3.05, 3.63) is 70.5 Å². The quantitative estimate of drug-likeness (QED) is 0.633. The van der Waals surface area contributed by atoms with E-state index in [1.807, 2.05) is 0 Å². The Morgan fingerprint density at radius 2 is 1.57 bits per heavy atom. The van der Waals surface area contributed by atoms with Crippen LogP contribution in [0.2, 0.25) is 5.02 Å². The van der Waals surface area contributed by atoms with Crippen LogP contribution < -0.4 is 16.2 Å². The highest BCUT2D eigenvalue weighted by Gasteiger charge is 2.27. The van der Waals surface area contributed by atoms with Gasteiger partial charge in [0.1, 0.15) is 5.82 Å². The molecule has 0 bridgehead atoms. The van der Waals surface area contributed by atoms with Gasteiger partial charge in [-0.3, -0.25) is 25.2 Å². The predicted octanol–water partition coefficient (Wildman–Crippen LogP) is 3.48. The molecule has 6 nitrogen and oxygen atoms in total. The number of halogens is 2. The first kappa shape index (κ1) is 21.8. The van der Waals surface area contributed by atoms with Crippen LogP contribution in [0, 0.1) is 17.7 Å². The summed E-state index contributed by atoms with van der Waals surface area (Å²) in [4.78, 5) is 36.5. The zero-order valence-electron chi connectivity index (χ0n) is 16.3. The molecule has 1 saturated carbocycles. The molecule has 2 aromatic carbocycles. The lowest BCUT2D eigenvalue weighted by molar-refractivity contribution is -0.127. The van der Waals surface area contributed by atoms with Crippen molar-refractivity contribution >= 4 is 29.3 Å². The number of hydrazine groups is 1. The number of amides is 3. The fourth-order valence-electron chi connectivity index (χ4n) is 3.50. The van der Waals surface area contributed by atoms with Crippen molar-refractivity contribution in [1.29, 1.82) is 0 Å². The lowest BCUT2D eigenvalue weighted by Crippen LogP contribution is -2.45. The van der Waals surface area contributed by atoms with E-state index < -0.39 is 17.6 Å². The van der Waals surface area contributed by atoms with E-state index in [-0.39, 0.29) is 23.3 Å². The van der Waals surface area contributed by atoms with Gasteiger partial charge in [-0.25, -0.2) is 4.39 Å². The molecule has 0 saturated heterocycles. The third-order valence-electron chi connectivity index (χ3n) is 5.29. The maximum atomic E-state index is 13.7. The number of benzene rings is 2. The Bertz CT molecular complexity index is 912. The van der Waals surface area contributed by atoms with Crippen LogP contribution in [-0.2, 0) is 4.79 Å². The fourth-order valence-corrected chi connectivity index (χ4v) is 3.63. The third kappa shape index (κ3) is 5.79. The molecule has 0 aliphatic heterocycles. The first-order valence-corrected chi connectivity index (χ1v) is 10.2. The van der Waals surface area contributed by atoms with Crippen LogP contribution >= 0.6 is 11.6 Å². The van der Waals surface area contributed by atoms with Crippen LogP contribution in [0.4, 0.5) is 4.39 Å². The summed E-state index contributed by atoms with van der Waals surface area (Å²) in [6, 6.07) is 12.2. The Hall–Kier alpha value is -2.93. The van der Waals surface area contributed by atoms with Gasteiger partial charge in [0.2, 0.25) is 5.91 Å². The minimum atomic E-state index is -0.545. The van der Waals surface area contributed by atoms with Gasteiger partial charge < -0.3 is 5.32 Å². The second-order valence-corrected chi connectivity index (χ2v) is 7.79. The van der Waals surface area contributed by atoms with Gasteiger partial charge in [-0.2, -0.15) is 0 Å². The van der Waals surface area contributed by atoms with E-state index in [4.69, 9.17) is 11.6 Å². The highest BCUT2D eigenvalue weighted by Crippen LogP contribution is 2.28. The summed E-state index contributed by atoms with van der Waals surface area (Å²) < 4.78 is 13.7. The number of hydrogen-bond acceptors (Lipinski definition) is 3. The Balaban J connectivity index is 1.39. The van der Waals surface area contributed by atoms with Crippen LogP contribution in [0.15, 0.2) is 48.5 Å². The molecule has 0 spiro atoms. The summed E-state index contributed by atoms with van der Waals surface area (Å²) in [7, 11) is 0. The zero-order valence-corrected chi connectivity index (χ0v) is 17.0. The van der Waals surface area contributed by atoms with Gasteiger partial charge in [-0.1, -0.05) is 23.7 Å². The Labute approximate surface area is 179 Å². The summed E-state index contributed by atoms with van der Waals surface area (Å²) in [5.74, 6) is -1.59. The highest BCUT2D eigenvalue weighted by atomic mass is 35.5. The first-order valence-electron chi connectivity index (χ1n) is 9.82. The summed E-state index contributed by atoms with van der Waals surface area (Å²) in [5.41, 5.74) is 5.32. The Morgan fingerprint density at radius 1 is 0.900 bits per heavy atom. The molecule has 2 aromatic rings. The van der Waals surface area contributed by atoms with Crippen LogP contribution in [-0.4, -0.2) is 24.3 Å².